The largest absolute Gasteiger partial charge is 0.366 e. The Bertz CT molecular complexity index is 981. The molecule has 0 radical (unpaired) electrons. The van der Waals surface area contributed by atoms with Crippen LogP contribution in [0.3, 0.4) is 0 Å². The number of carbonyl (C=O) groups excluding carboxylic acids is 1. The Morgan fingerprint density at radius 1 is 1.12 bits per heavy atom. The van der Waals surface area contributed by atoms with Gasteiger partial charge in [-0.05, 0) is 42.0 Å². The second-order valence-corrected chi connectivity index (χ2v) is 5.93. The van der Waals surface area contributed by atoms with Gasteiger partial charge in [0.1, 0.15) is 5.82 Å². The Balaban J connectivity index is 1.69. The van der Waals surface area contributed by atoms with E-state index in [1.54, 1.807) is 42.6 Å². The van der Waals surface area contributed by atoms with Gasteiger partial charge in [0, 0.05) is 29.0 Å². The van der Waals surface area contributed by atoms with Gasteiger partial charge in [-0.1, -0.05) is 35.9 Å². The van der Waals surface area contributed by atoms with E-state index in [2.05, 4.69) is 15.6 Å². The number of benzene rings is 2. The number of halogens is 1. The summed E-state index contributed by atoms with van der Waals surface area (Å²) in [6.45, 7) is 0.502. The highest BCUT2D eigenvalue weighted by atomic mass is 35.5. The lowest BCUT2D eigenvalue weighted by Crippen LogP contribution is -2.13. The minimum absolute atomic E-state index is 0.275. The molecule has 0 fully saturated rings. The number of anilines is 2. The molecule has 0 bridgehead atoms. The van der Waals surface area contributed by atoms with Crippen molar-refractivity contribution in [2.24, 2.45) is 0 Å². The lowest BCUT2D eigenvalue weighted by Gasteiger charge is -2.09. The molecule has 0 spiro atoms. The highest BCUT2D eigenvalue weighted by Gasteiger charge is 2.08. The molecule has 0 aliphatic carbocycles. The molecule has 26 heavy (non-hydrogen) atoms. The fourth-order valence-electron chi connectivity index (χ4n) is 2.37. The first-order chi connectivity index (χ1) is 12.7. The molecule has 2 N–H and O–H groups in total. The molecule has 0 atom stereocenters. The molecule has 0 saturated heterocycles. The van der Waals surface area contributed by atoms with E-state index in [0.29, 0.717) is 34.2 Å². The molecule has 6 heteroatoms. The summed E-state index contributed by atoms with van der Waals surface area (Å²) >= 11 is 6.14. The van der Waals surface area contributed by atoms with Crippen LogP contribution in [-0.2, 0) is 6.54 Å². The molecule has 2 aromatic carbocycles. The first-order valence-electron chi connectivity index (χ1n) is 7.90. The van der Waals surface area contributed by atoms with Crippen LogP contribution in [0.15, 0.2) is 66.9 Å². The van der Waals surface area contributed by atoms with E-state index < -0.39 is 0 Å². The maximum Gasteiger partial charge on any atom is 0.255 e. The molecule has 5 nitrogen and oxygen atoms in total. The summed E-state index contributed by atoms with van der Waals surface area (Å²) in [6.07, 6.45) is 1.57. The smallest absolute Gasteiger partial charge is 0.255 e. The SMILES string of the molecule is N#Cc1cccc(NC(=O)c2ccnc(NCc3ccccc3Cl)c2)c1. The summed E-state index contributed by atoms with van der Waals surface area (Å²) in [4.78, 5) is 16.6. The first-order valence-corrected chi connectivity index (χ1v) is 8.28. The average Bonchev–Trinajstić information content (AvgIpc) is 2.68. The summed E-state index contributed by atoms with van der Waals surface area (Å²) in [5.74, 6) is 0.298. The van der Waals surface area contributed by atoms with Gasteiger partial charge in [0.05, 0.1) is 11.6 Å². The van der Waals surface area contributed by atoms with Crippen LogP contribution < -0.4 is 10.6 Å². The Morgan fingerprint density at radius 3 is 2.77 bits per heavy atom. The van der Waals surface area contributed by atoms with E-state index >= 15 is 0 Å². The van der Waals surface area contributed by atoms with Crippen molar-refractivity contribution in [2.75, 3.05) is 10.6 Å². The standard InChI is InChI=1S/C20H15ClN4O/c21-18-7-2-1-5-16(18)13-24-19-11-15(8-9-23-19)20(26)25-17-6-3-4-14(10-17)12-22/h1-11H,13H2,(H,23,24)(H,25,26). The van der Waals surface area contributed by atoms with Crippen LogP contribution in [0, 0.1) is 11.3 Å². The highest BCUT2D eigenvalue weighted by molar-refractivity contribution is 6.31. The summed E-state index contributed by atoms with van der Waals surface area (Å²) < 4.78 is 0. The van der Waals surface area contributed by atoms with Gasteiger partial charge in [-0.3, -0.25) is 4.79 Å². The Hall–Kier alpha value is -3.36. The van der Waals surface area contributed by atoms with Crippen LogP contribution in [0.4, 0.5) is 11.5 Å². The second-order valence-electron chi connectivity index (χ2n) is 5.52. The minimum Gasteiger partial charge on any atom is -0.366 e. The molecular formula is C20H15ClN4O. The van der Waals surface area contributed by atoms with Gasteiger partial charge in [-0.15, -0.1) is 0 Å². The van der Waals surface area contributed by atoms with Crippen LogP contribution in [0.25, 0.3) is 0 Å². The van der Waals surface area contributed by atoms with Gasteiger partial charge in [-0.2, -0.15) is 5.26 Å². The summed E-state index contributed by atoms with van der Waals surface area (Å²) in [6, 6.07) is 19.6. The van der Waals surface area contributed by atoms with E-state index in [4.69, 9.17) is 16.9 Å². The van der Waals surface area contributed by atoms with Gasteiger partial charge in [0.25, 0.3) is 5.91 Å². The number of nitrogens with one attached hydrogen (secondary N) is 2. The topological polar surface area (TPSA) is 77.8 Å². The van der Waals surface area contributed by atoms with Crippen molar-refractivity contribution in [2.45, 2.75) is 6.54 Å². The Labute approximate surface area is 156 Å². The van der Waals surface area contributed by atoms with Crippen molar-refractivity contribution in [3.05, 3.63) is 88.6 Å². The minimum atomic E-state index is -0.275. The monoisotopic (exact) mass is 362 g/mol. The fourth-order valence-corrected chi connectivity index (χ4v) is 2.57. The number of hydrogen-bond donors (Lipinski definition) is 2. The number of hydrogen-bond acceptors (Lipinski definition) is 4. The van der Waals surface area contributed by atoms with Crippen molar-refractivity contribution in [3.8, 4) is 6.07 Å². The van der Waals surface area contributed by atoms with E-state index in [-0.39, 0.29) is 5.91 Å². The van der Waals surface area contributed by atoms with Crippen LogP contribution in [-0.4, -0.2) is 10.9 Å². The van der Waals surface area contributed by atoms with Crippen LogP contribution in [0.2, 0.25) is 5.02 Å². The normalized spacial score (nSPS) is 10.0. The molecule has 0 saturated carbocycles. The van der Waals surface area contributed by atoms with Crippen LogP contribution >= 0.6 is 11.6 Å². The van der Waals surface area contributed by atoms with E-state index in [1.807, 2.05) is 30.3 Å². The maximum atomic E-state index is 12.4. The molecule has 3 rings (SSSR count). The van der Waals surface area contributed by atoms with Gasteiger partial charge in [0.2, 0.25) is 0 Å². The third-order valence-corrected chi connectivity index (χ3v) is 4.06. The van der Waals surface area contributed by atoms with E-state index in [9.17, 15) is 4.79 Å². The van der Waals surface area contributed by atoms with Crippen LogP contribution in [0.1, 0.15) is 21.5 Å². The second kappa shape index (κ2) is 8.15. The highest BCUT2D eigenvalue weighted by Crippen LogP contribution is 2.17. The molecule has 1 amide bonds. The summed E-state index contributed by atoms with van der Waals surface area (Å²) in [7, 11) is 0. The lowest BCUT2D eigenvalue weighted by atomic mass is 10.2. The van der Waals surface area contributed by atoms with Gasteiger partial charge in [0.15, 0.2) is 0 Å². The number of nitrogens with zero attached hydrogens (tertiary/aromatic N) is 2. The summed E-state index contributed by atoms with van der Waals surface area (Å²) in [5.41, 5.74) is 2.46. The zero-order chi connectivity index (χ0) is 18.4. The molecule has 0 unspecified atom stereocenters. The molecule has 1 aromatic heterocycles. The molecular weight excluding hydrogens is 348 g/mol. The summed E-state index contributed by atoms with van der Waals surface area (Å²) in [5, 5.41) is 15.5. The zero-order valence-corrected chi connectivity index (χ0v) is 14.5. The first kappa shape index (κ1) is 17.5. The lowest BCUT2D eigenvalue weighted by molar-refractivity contribution is 0.102. The van der Waals surface area contributed by atoms with E-state index in [0.717, 1.165) is 5.56 Å². The number of carbonyl (C=O) groups is 1. The average molecular weight is 363 g/mol. The van der Waals surface area contributed by atoms with Crippen molar-refractivity contribution in [1.29, 1.82) is 5.26 Å². The van der Waals surface area contributed by atoms with Crippen molar-refractivity contribution < 1.29 is 4.79 Å². The quantitative estimate of drug-likeness (QED) is 0.701. The zero-order valence-electron chi connectivity index (χ0n) is 13.7. The van der Waals surface area contributed by atoms with Crippen LogP contribution in [0.5, 0.6) is 0 Å². The Morgan fingerprint density at radius 2 is 1.96 bits per heavy atom. The predicted octanol–water partition coefficient (Wildman–Crippen LogP) is 4.47. The number of amides is 1. The molecule has 0 aliphatic heterocycles. The van der Waals surface area contributed by atoms with Gasteiger partial charge < -0.3 is 10.6 Å². The molecule has 1 heterocycles. The Kier molecular flexibility index (Phi) is 5.47. The molecule has 128 valence electrons. The predicted molar refractivity (Wildman–Crippen MR) is 102 cm³/mol. The number of aromatic nitrogens is 1. The molecule has 3 aromatic rings. The third kappa shape index (κ3) is 4.38. The number of pyridine rings is 1. The fraction of sp³-hybridized carbons (Fsp3) is 0.0500. The van der Waals surface area contributed by atoms with E-state index in [1.165, 1.54) is 0 Å². The van der Waals surface area contributed by atoms with Gasteiger partial charge in [-0.25, -0.2) is 4.98 Å². The number of rotatable bonds is 5. The number of nitriles is 1. The molecule has 0 aliphatic rings. The van der Waals surface area contributed by atoms with Crippen molar-refractivity contribution >= 4 is 29.0 Å². The van der Waals surface area contributed by atoms with Crippen molar-refractivity contribution in [3.63, 3.8) is 0 Å². The van der Waals surface area contributed by atoms with Gasteiger partial charge >= 0.3 is 0 Å². The maximum absolute atomic E-state index is 12.4. The van der Waals surface area contributed by atoms with Crippen molar-refractivity contribution in [1.82, 2.24) is 4.98 Å². The third-order valence-electron chi connectivity index (χ3n) is 3.69.